The Morgan fingerprint density at radius 2 is 2.09 bits per heavy atom. The zero-order valence-corrected chi connectivity index (χ0v) is 17.6. The number of H-pyrrole nitrogens is 1. The van der Waals surface area contributed by atoms with Gasteiger partial charge in [0, 0.05) is 24.5 Å². The molecule has 164 valence electrons. The van der Waals surface area contributed by atoms with Gasteiger partial charge < -0.3 is 16.0 Å². The number of hydrogen-bond acceptors (Lipinski definition) is 7. The first-order chi connectivity index (χ1) is 15.5. The Bertz CT molecular complexity index is 1280. The van der Waals surface area contributed by atoms with Crippen molar-refractivity contribution < 1.29 is 13.6 Å². The number of carbonyl (C=O) groups is 1. The number of carbonyl (C=O) groups excluding carboxylic acids is 1. The number of pyridine rings is 1. The third-order valence-corrected chi connectivity index (χ3v) is 6.25. The topological polar surface area (TPSA) is 113 Å². The molecule has 4 heterocycles. The van der Waals surface area contributed by atoms with Crippen molar-refractivity contribution in [3.63, 3.8) is 0 Å². The molecule has 1 aliphatic rings. The van der Waals surface area contributed by atoms with Crippen molar-refractivity contribution >= 4 is 39.7 Å². The van der Waals surface area contributed by atoms with Gasteiger partial charge in [-0.05, 0) is 25.0 Å². The number of aromatic nitrogens is 4. The van der Waals surface area contributed by atoms with Crippen LogP contribution in [0.5, 0.6) is 0 Å². The Morgan fingerprint density at radius 1 is 1.28 bits per heavy atom. The molecular weight excluding hydrogens is 436 g/mol. The second-order valence-electron chi connectivity index (χ2n) is 7.59. The standard InChI is InChI=1S/C21H19F2N7OS/c22-13-4-1-5-14(23)17(13)21-28-16(10-32-21)20(31)27-15-8-25-19-12(7-26-29-19)18(15)30-6-2-3-11(24)9-30/h1,4-5,7-8,10-11H,2-3,6,9,24H2,(H,27,31)(H,25,26,29). The highest BCUT2D eigenvalue weighted by molar-refractivity contribution is 7.13. The van der Waals surface area contributed by atoms with Crippen molar-refractivity contribution in [2.45, 2.75) is 18.9 Å². The maximum absolute atomic E-state index is 14.1. The fourth-order valence-corrected chi connectivity index (χ4v) is 4.76. The van der Waals surface area contributed by atoms with Crippen LogP contribution in [0.3, 0.4) is 0 Å². The van der Waals surface area contributed by atoms with E-state index in [-0.39, 0.29) is 22.3 Å². The summed E-state index contributed by atoms with van der Waals surface area (Å²) in [5.41, 5.74) is 7.85. The van der Waals surface area contributed by atoms with E-state index in [1.165, 1.54) is 11.4 Å². The smallest absolute Gasteiger partial charge is 0.275 e. The van der Waals surface area contributed by atoms with Crippen LogP contribution in [0.1, 0.15) is 23.3 Å². The Hall–Kier alpha value is -3.44. The molecule has 1 atom stereocenters. The molecule has 3 aromatic heterocycles. The summed E-state index contributed by atoms with van der Waals surface area (Å²) in [7, 11) is 0. The lowest BCUT2D eigenvalue weighted by atomic mass is 10.0. The SMILES string of the molecule is NC1CCCN(c2c(NC(=O)c3csc(-c4c(F)cccc4F)n3)cnc3[nH]ncc23)C1. The number of benzene rings is 1. The Labute approximate surface area is 185 Å². The van der Waals surface area contributed by atoms with Gasteiger partial charge in [0.05, 0.1) is 34.7 Å². The van der Waals surface area contributed by atoms with E-state index < -0.39 is 17.5 Å². The lowest BCUT2D eigenvalue weighted by molar-refractivity contribution is 0.102. The van der Waals surface area contributed by atoms with Crippen LogP contribution in [0.15, 0.2) is 36.0 Å². The summed E-state index contributed by atoms with van der Waals surface area (Å²) < 4.78 is 28.2. The zero-order valence-electron chi connectivity index (χ0n) is 16.8. The second-order valence-corrected chi connectivity index (χ2v) is 8.45. The Balaban J connectivity index is 1.47. The molecule has 0 saturated carbocycles. The average molecular weight is 455 g/mol. The van der Waals surface area contributed by atoms with Crippen LogP contribution >= 0.6 is 11.3 Å². The fraction of sp³-hybridized carbons (Fsp3) is 0.238. The first-order valence-corrected chi connectivity index (χ1v) is 10.9. The quantitative estimate of drug-likeness (QED) is 0.434. The van der Waals surface area contributed by atoms with Gasteiger partial charge in [-0.1, -0.05) is 6.07 Å². The van der Waals surface area contributed by atoms with Gasteiger partial charge in [0.1, 0.15) is 22.3 Å². The molecule has 1 saturated heterocycles. The number of nitrogens with one attached hydrogen (secondary N) is 2. The van der Waals surface area contributed by atoms with Crippen molar-refractivity contribution in [1.29, 1.82) is 0 Å². The number of aromatic amines is 1. The highest BCUT2D eigenvalue weighted by Crippen LogP contribution is 2.35. The van der Waals surface area contributed by atoms with Gasteiger partial charge in [-0.15, -0.1) is 11.3 Å². The number of amides is 1. The predicted molar refractivity (Wildman–Crippen MR) is 119 cm³/mol. The van der Waals surface area contributed by atoms with Crippen LogP contribution < -0.4 is 16.0 Å². The van der Waals surface area contributed by atoms with E-state index in [2.05, 4.69) is 30.4 Å². The number of nitrogens with zero attached hydrogens (tertiary/aromatic N) is 4. The second kappa shape index (κ2) is 8.24. The number of halogens is 2. The summed E-state index contributed by atoms with van der Waals surface area (Å²) in [6.07, 6.45) is 5.08. The van der Waals surface area contributed by atoms with E-state index in [1.807, 2.05) is 0 Å². The molecule has 11 heteroatoms. The molecule has 1 fully saturated rings. The molecule has 1 aromatic carbocycles. The molecule has 8 nitrogen and oxygen atoms in total. The Morgan fingerprint density at radius 3 is 2.88 bits per heavy atom. The lowest BCUT2D eigenvalue weighted by Crippen LogP contribution is -2.43. The first kappa shape index (κ1) is 20.5. The monoisotopic (exact) mass is 455 g/mol. The molecule has 1 aliphatic heterocycles. The van der Waals surface area contributed by atoms with E-state index in [0.717, 1.165) is 53.9 Å². The predicted octanol–water partition coefficient (Wildman–Crippen LogP) is 3.54. The molecule has 4 N–H and O–H groups in total. The van der Waals surface area contributed by atoms with Gasteiger partial charge >= 0.3 is 0 Å². The van der Waals surface area contributed by atoms with E-state index in [9.17, 15) is 13.6 Å². The summed E-state index contributed by atoms with van der Waals surface area (Å²) in [6, 6.07) is 3.61. The van der Waals surface area contributed by atoms with Gasteiger partial charge in [0.25, 0.3) is 5.91 Å². The number of nitrogens with two attached hydrogens (primary N) is 1. The highest BCUT2D eigenvalue weighted by Gasteiger charge is 2.24. The van der Waals surface area contributed by atoms with Gasteiger partial charge in [-0.25, -0.2) is 18.7 Å². The van der Waals surface area contributed by atoms with Crippen molar-refractivity contribution in [2.24, 2.45) is 5.73 Å². The minimum Gasteiger partial charge on any atom is -0.368 e. The molecule has 1 amide bonds. The van der Waals surface area contributed by atoms with Crippen molar-refractivity contribution in [2.75, 3.05) is 23.3 Å². The van der Waals surface area contributed by atoms with E-state index in [4.69, 9.17) is 5.73 Å². The molecule has 0 aliphatic carbocycles. The summed E-state index contributed by atoms with van der Waals surface area (Å²) in [5, 5.41) is 12.1. The molecule has 1 unspecified atom stereocenters. The van der Waals surface area contributed by atoms with Gasteiger partial charge in [0.15, 0.2) is 5.65 Å². The number of thiazole rings is 1. The van der Waals surface area contributed by atoms with Crippen LogP contribution in [-0.4, -0.2) is 45.2 Å². The molecule has 0 bridgehead atoms. The van der Waals surface area contributed by atoms with Gasteiger partial charge in [-0.2, -0.15) is 5.10 Å². The van der Waals surface area contributed by atoms with Crippen molar-refractivity contribution in [1.82, 2.24) is 20.2 Å². The minimum absolute atomic E-state index is 0.0270. The molecule has 4 aromatic rings. The number of anilines is 2. The van der Waals surface area contributed by atoms with Crippen LogP contribution in [0, 0.1) is 11.6 Å². The largest absolute Gasteiger partial charge is 0.368 e. The minimum atomic E-state index is -0.732. The normalized spacial score (nSPS) is 16.5. The molecular formula is C21H19F2N7OS. The Kier molecular flexibility index (Phi) is 5.27. The van der Waals surface area contributed by atoms with Crippen LogP contribution in [-0.2, 0) is 0 Å². The third-order valence-electron chi connectivity index (χ3n) is 5.39. The number of hydrogen-bond donors (Lipinski definition) is 3. The third kappa shape index (κ3) is 3.69. The van der Waals surface area contributed by atoms with Crippen LogP contribution in [0.4, 0.5) is 20.2 Å². The summed E-state index contributed by atoms with van der Waals surface area (Å²) in [4.78, 5) is 23.6. The number of fused-ring (bicyclic) bond motifs is 1. The zero-order chi connectivity index (χ0) is 22.2. The van der Waals surface area contributed by atoms with E-state index in [1.54, 1.807) is 12.4 Å². The summed E-state index contributed by atoms with van der Waals surface area (Å²) in [6.45, 7) is 1.43. The lowest BCUT2D eigenvalue weighted by Gasteiger charge is -2.34. The van der Waals surface area contributed by atoms with E-state index >= 15 is 0 Å². The molecule has 0 spiro atoms. The molecule has 0 radical (unpaired) electrons. The summed E-state index contributed by atoms with van der Waals surface area (Å²) >= 11 is 0.997. The first-order valence-electron chi connectivity index (χ1n) is 10.0. The molecule has 5 rings (SSSR count). The van der Waals surface area contributed by atoms with Crippen LogP contribution in [0.2, 0.25) is 0 Å². The average Bonchev–Trinajstić information content (AvgIpc) is 3.43. The van der Waals surface area contributed by atoms with Crippen molar-refractivity contribution in [3.05, 3.63) is 53.3 Å². The fourth-order valence-electron chi connectivity index (χ4n) is 3.91. The number of piperidine rings is 1. The maximum Gasteiger partial charge on any atom is 0.275 e. The van der Waals surface area contributed by atoms with Crippen molar-refractivity contribution in [3.8, 4) is 10.6 Å². The van der Waals surface area contributed by atoms with Gasteiger partial charge in [-0.3, -0.25) is 9.89 Å². The highest BCUT2D eigenvalue weighted by atomic mass is 32.1. The summed E-state index contributed by atoms with van der Waals surface area (Å²) in [5.74, 6) is -1.97. The van der Waals surface area contributed by atoms with E-state index in [0.29, 0.717) is 17.9 Å². The molecule has 32 heavy (non-hydrogen) atoms. The maximum atomic E-state index is 14.1. The van der Waals surface area contributed by atoms with Crippen LogP contribution in [0.25, 0.3) is 21.6 Å². The van der Waals surface area contributed by atoms with Gasteiger partial charge in [0.2, 0.25) is 0 Å². The number of rotatable bonds is 4.